The van der Waals surface area contributed by atoms with Gasteiger partial charge in [-0.25, -0.2) is 0 Å². The van der Waals surface area contributed by atoms with Gasteiger partial charge in [0.15, 0.2) is 0 Å². The second-order valence-corrected chi connectivity index (χ2v) is 3.55. The lowest BCUT2D eigenvalue weighted by Crippen LogP contribution is -2.00. The van der Waals surface area contributed by atoms with Gasteiger partial charge >= 0.3 is 0 Å². The highest BCUT2D eigenvalue weighted by atomic mass is 15.3. The summed E-state index contributed by atoms with van der Waals surface area (Å²) < 4.78 is 1.93. The largest absolute Gasteiger partial charge is 0.268 e. The van der Waals surface area contributed by atoms with E-state index in [0.29, 0.717) is 5.92 Å². The van der Waals surface area contributed by atoms with Crippen LogP contribution in [-0.4, -0.2) is 9.78 Å². The minimum atomic E-state index is 0.511. The fraction of sp³-hybridized carbons (Fsp3) is 0.500. The zero-order valence-corrected chi connectivity index (χ0v) is 8.04. The van der Waals surface area contributed by atoms with Crippen LogP contribution < -0.4 is 0 Å². The minimum absolute atomic E-state index is 0.511. The Morgan fingerprint density at radius 1 is 1.67 bits per heavy atom. The highest BCUT2D eigenvalue weighted by Gasteiger charge is 2.02. The number of hydrogen-bond acceptors (Lipinski definition) is 1. The Kier molecular flexibility index (Phi) is 2.69. The minimum Gasteiger partial charge on any atom is -0.268 e. The van der Waals surface area contributed by atoms with Crippen molar-refractivity contribution in [3.63, 3.8) is 0 Å². The fourth-order valence-electron chi connectivity index (χ4n) is 1.05. The van der Waals surface area contributed by atoms with Crippen LogP contribution in [0.5, 0.6) is 0 Å². The number of aromatic nitrogens is 2. The molecule has 0 aliphatic heterocycles. The van der Waals surface area contributed by atoms with E-state index < -0.39 is 0 Å². The number of hydrogen-bond donors (Lipinski definition) is 0. The summed E-state index contributed by atoms with van der Waals surface area (Å²) in [7, 11) is 0. The third-order valence-corrected chi connectivity index (χ3v) is 1.68. The van der Waals surface area contributed by atoms with Crippen molar-refractivity contribution < 1.29 is 0 Å². The third kappa shape index (κ3) is 2.22. The Morgan fingerprint density at radius 3 is 2.75 bits per heavy atom. The average molecular weight is 164 g/mol. The van der Waals surface area contributed by atoms with E-state index in [9.17, 15) is 0 Å². The molecule has 0 saturated carbocycles. The Balaban J connectivity index is 2.70. The molecule has 0 bridgehead atoms. The summed E-state index contributed by atoms with van der Waals surface area (Å²) in [6.07, 6.45) is 2.00. The van der Waals surface area contributed by atoms with Gasteiger partial charge in [-0.15, -0.1) is 0 Å². The van der Waals surface area contributed by atoms with Crippen molar-refractivity contribution >= 4 is 0 Å². The lowest BCUT2D eigenvalue weighted by molar-refractivity contribution is 0.651. The monoisotopic (exact) mass is 164 g/mol. The van der Waals surface area contributed by atoms with E-state index in [4.69, 9.17) is 0 Å². The molecule has 0 spiro atoms. The van der Waals surface area contributed by atoms with Gasteiger partial charge in [-0.1, -0.05) is 26.0 Å². The predicted molar refractivity (Wildman–Crippen MR) is 51.1 cm³/mol. The second kappa shape index (κ2) is 3.57. The predicted octanol–water partition coefficient (Wildman–Crippen LogP) is 2.58. The van der Waals surface area contributed by atoms with E-state index in [1.54, 1.807) is 0 Å². The molecule has 1 rings (SSSR count). The smallest absolute Gasteiger partial charge is 0.0650 e. The van der Waals surface area contributed by atoms with Crippen molar-refractivity contribution in [3.8, 4) is 0 Å². The SMILES string of the molecule is C=C(C)Cn1ccc(C(C)C)n1. The van der Waals surface area contributed by atoms with Crippen LogP contribution in [0.3, 0.4) is 0 Å². The maximum Gasteiger partial charge on any atom is 0.0650 e. The van der Waals surface area contributed by atoms with E-state index in [0.717, 1.165) is 17.8 Å². The topological polar surface area (TPSA) is 17.8 Å². The molecule has 0 aliphatic carbocycles. The molecule has 0 saturated heterocycles. The fourth-order valence-corrected chi connectivity index (χ4v) is 1.05. The zero-order chi connectivity index (χ0) is 9.14. The average Bonchev–Trinajstić information content (AvgIpc) is 2.34. The number of allylic oxidation sites excluding steroid dienone is 1. The first-order chi connectivity index (χ1) is 5.59. The van der Waals surface area contributed by atoms with Gasteiger partial charge in [-0.3, -0.25) is 4.68 Å². The summed E-state index contributed by atoms with van der Waals surface area (Å²) in [5.41, 5.74) is 2.28. The molecule has 1 aromatic heterocycles. The van der Waals surface area contributed by atoms with Crippen LogP contribution in [0.25, 0.3) is 0 Å². The molecule has 0 radical (unpaired) electrons. The summed E-state index contributed by atoms with van der Waals surface area (Å²) in [5, 5.41) is 4.41. The van der Waals surface area contributed by atoms with Gasteiger partial charge in [0, 0.05) is 6.20 Å². The Hall–Kier alpha value is -1.05. The maximum absolute atomic E-state index is 4.41. The van der Waals surface area contributed by atoms with Gasteiger partial charge in [0.1, 0.15) is 0 Å². The Morgan fingerprint density at radius 2 is 2.33 bits per heavy atom. The van der Waals surface area contributed by atoms with Crippen LogP contribution in [0.2, 0.25) is 0 Å². The van der Waals surface area contributed by atoms with Gasteiger partial charge < -0.3 is 0 Å². The van der Waals surface area contributed by atoms with Crippen LogP contribution in [0.4, 0.5) is 0 Å². The zero-order valence-electron chi connectivity index (χ0n) is 8.04. The number of nitrogens with zero attached hydrogens (tertiary/aromatic N) is 2. The van der Waals surface area contributed by atoms with Crippen molar-refractivity contribution in [1.29, 1.82) is 0 Å². The normalized spacial score (nSPS) is 10.7. The Labute approximate surface area is 73.9 Å². The van der Waals surface area contributed by atoms with Gasteiger partial charge in [0.05, 0.1) is 12.2 Å². The van der Waals surface area contributed by atoms with Crippen LogP contribution in [0.1, 0.15) is 32.4 Å². The molecule has 66 valence electrons. The molecule has 12 heavy (non-hydrogen) atoms. The summed E-state index contributed by atoms with van der Waals surface area (Å²) in [6, 6.07) is 2.06. The van der Waals surface area contributed by atoms with Crippen molar-refractivity contribution in [2.75, 3.05) is 0 Å². The molecule has 0 unspecified atom stereocenters. The summed E-state index contributed by atoms with van der Waals surface area (Å²) >= 11 is 0. The first-order valence-corrected chi connectivity index (χ1v) is 4.27. The molecule has 0 fully saturated rings. The molecule has 2 heteroatoms. The van der Waals surface area contributed by atoms with E-state index in [-0.39, 0.29) is 0 Å². The highest BCUT2D eigenvalue weighted by Crippen LogP contribution is 2.10. The molecule has 0 aliphatic rings. The highest BCUT2D eigenvalue weighted by molar-refractivity contribution is 5.04. The third-order valence-electron chi connectivity index (χ3n) is 1.68. The van der Waals surface area contributed by atoms with E-state index in [1.807, 2.05) is 17.8 Å². The molecule has 0 atom stereocenters. The number of rotatable bonds is 3. The molecular formula is C10H16N2. The van der Waals surface area contributed by atoms with Crippen LogP contribution in [-0.2, 0) is 6.54 Å². The molecular weight excluding hydrogens is 148 g/mol. The molecule has 2 nitrogen and oxygen atoms in total. The molecule has 0 aromatic carbocycles. The molecule has 1 heterocycles. The van der Waals surface area contributed by atoms with Gasteiger partial charge in [-0.05, 0) is 18.9 Å². The first-order valence-electron chi connectivity index (χ1n) is 4.27. The van der Waals surface area contributed by atoms with Crippen molar-refractivity contribution in [3.05, 3.63) is 30.1 Å². The van der Waals surface area contributed by atoms with Crippen molar-refractivity contribution in [2.45, 2.75) is 33.2 Å². The first kappa shape index (κ1) is 9.04. The lowest BCUT2D eigenvalue weighted by atomic mass is 10.1. The van der Waals surface area contributed by atoms with Crippen molar-refractivity contribution in [2.24, 2.45) is 0 Å². The Bertz CT molecular complexity index is 271. The van der Waals surface area contributed by atoms with E-state index in [2.05, 4.69) is 31.6 Å². The molecule has 0 amide bonds. The lowest BCUT2D eigenvalue weighted by Gasteiger charge is -2.00. The van der Waals surface area contributed by atoms with E-state index in [1.165, 1.54) is 0 Å². The van der Waals surface area contributed by atoms with Gasteiger partial charge in [0.25, 0.3) is 0 Å². The maximum atomic E-state index is 4.41. The van der Waals surface area contributed by atoms with E-state index >= 15 is 0 Å². The van der Waals surface area contributed by atoms with Crippen LogP contribution >= 0.6 is 0 Å². The standard InChI is InChI=1S/C10H16N2/c1-8(2)7-12-6-5-10(11-12)9(3)4/h5-6,9H,1,7H2,2-4H3. The molecule has 0 N–H and O–H groups in total. The second-order valence-electron chi connectivity index (χ2n) is 3.55. The van der Waals surface area contributed by atoms with Gasteiger partial charge in [-0.2, -0.15) is 5.10 Å². The van der Waals surface area contributed by atoms with Crippen LogP contribution in [0.15, 0.2) is 24.4 Å². The van der Waals surface area contributed by atoms with Crippen LogP contribution in [0, 0.1) is 0 Å². The quantitative estimate of drug-likeness (QED) is 0.628. The van der Waals surface area contributed by atoms with Crippen molar-refractivity contribution in [1.82, 2.24) is 9.78 Å². The summed E-state index contributed by atoms with van der Waals surface area (Å²) in [4.78, 5) is 0. The summed E-state index contributed by atoms with van der Waals surface area (Å²) in [5.74, 6) is 0.511. The molecule has 1 aromatic rings. The van der Waals surface area contributed by atoms with Gasteiger partial charge in [0.2, 0.25) is 0 Å². The summed E-state index contributed by atoms with van der Waals surface area (Å²) in [6.45, 7) is 11.0.